The van der Waals surface area contributed by atoms with E-state index in [1.54, 1.807) is 0 Å². The fourth-order valence-electron chi connectivity index (χ4n) is 8.16. The molecule has 3 nitrogen and oxygen atoms in total. The first-order valence-electron chi connectivity index (χ1n) is 9.85. The van der Waals surface area contributed by atoms with Crippen LogP contribution < -0.4 is 0 Å². The average Bonchev–Trinajstić information content (AvgIpc) is 3.46. The van der Waals surface area contributed by atoms with Gasteiger partial charge in [0, 0.05) is 16.7 Å². The van der Waals surface area contributed by atoms with Gasteiger partial charge in [0.05, 0.1) is 0 Å². The summed E-state index contributed by atoms with van der Waals surface area (Å²) in [5, 5.41) is 0. The van der Waals surface area contributed by atoms with Crippen LogP contribution in [0.1, 0.15) is 46.0 Å². The molecule has 0 radical (unpaired) electrons. The molecule has 1 spiro atoms. The Morgan fingerprint density at radius 2 is 1.92 bits per heavy atom. The number of epoxide rings is 1. The summed E-state index contributed by atoms with van der Waals surface area (Å²) in [5.41, 5.74) is 0.0292. The lowest BCUT2D eigenvalue weighted by atomic mass is 9.44. The van der Waals surface area contributed by atoms with Crippen molar-refractivity contribution in [1.82, 2.24) is 0 Å². The van der Waals surface area contributed by atoms with Crippen LogP contribution in [0.4, 0.5) is 4.39 Å². The first-order chi connectivity index (χ1) is 11.8. The van der Waals surface area contributed by atoms with Crippen LogP contribution in [-0.4, -0.2) is 29.4 Å². The van der Waals surface area contributed by atoms with Gasteiger partial charge in [-0.05, 0) is 61.3 Å². The molecule has 0 N–H and O–H groups in total. The molecule has 6 fully saturated rings. The number of ether oxygens (including phenoxy) is 1. The van der Waals surface area contributed by atoms with E-state index in [1.165, 1.54) is 0 Å². The molecule has 1 aliphatic heterocycles. The van der Waals surface area contributed by atoms with E-state index in [-0.39, 0.29) is 29.1 Å². The number of fused-ring (bicyclic) bond motifs is 6. The van der Waals surface area contributed by atoms with Crippen LogP contribution in [0.5, 0.6) is 0 Å². The van der Waals surface area contributed by atoms with Crippen molar-refractivity contribution in [3.8, 4) is 0 Å². The molecule has 1 saturated heterocycles. The summed E-state index contributed by atoms with van der Waals surface area (Å²) < 4.78 is 20.5. The maximum atomic E-state index is 14.3. The summed E-state index contributed by atoms with van der Waals surface area (Å²) in [6.07, 6.45) is 2.33. The molecule has 0 aromatic rings. The smallest absolute Gasteiger partial charge is 0.173 e. The van der Waals surface area contributed by atoms with Crippen molar-refractivity contribution in [2.75, 3.05) is 0 Å². The number of halogens is 1. The summed E-state index contributed by atoms with van der Waals surface area (Å²) in [5.74, 6) is 1.54. The van der Waals surface area contributed by atoms with Crippen LogP contribution in [-0.2, 0) is 14.3 Å². The fraction of sp³-hybridized carbons (Fsp3) is 0.810. The average molecular weight is 344 g/mol. The molecule has 1 heterocycles. The van der Waals surface area contributed by atoms with Gasteiger partial charge in [-0.1, -0.05) is 20.4 Å². The lowest BCUT2D eigenvalue weighted by Crippen LogP contribution is -2.60. The number of Topliss-reactive ketones (excluding diaryl/α,β-unsaturated/α-hetero) is 2. The highest BCUT2D eigenvalue weighted by Crippen LogP contribution is 2.79. The Morgan fingerprint density at radius 1 is 1.16 bits per heavy atom. The normalized spacial score (nSPS) is 64.0. The predicted molar refractivity (Wildman–Crippen MR) is 88.4 cm³/mol. The van der Waals surface area contributed by atoms with Gasteiger partial charge in [0.1, 0.15) is 5.60 Å². The van der Waals surface area contributed by atoms with E-state index < -0.39 is 17.2 Å². The Morgan fingerprint density at radius 3 is 2.68 bits per heavy atom. The predicted octanol–water partition coefficient (Wildman–Crippen LogP) is 3.27. The van der Waals surface area contributed by atoms with Gasteiger partial charge in [0.25, 0.3) is 0 Å². The van der Waals surface area contributed by atoms with Crippen molar-refractivity contribution in [3.63, 3.8) is 0 Å². The first kappa shape index (κ1) is 15.1. The van der Waals surface area contributed by atoms with Crippen LogP contribution in [0.15, 0.2) is 12.2 Å². The zero-order valence-corrected chi connectivity index (χ0v) is 14.9. The molecule has 10 atom stereocenters. The number of carbonyl (C=O) groups excluding carboxylic acids is 2. The minimum absolute atomic E-state index is 0.0605. The minimum Gasteiger partial charge on any atom is -0.352 e. The number of ketones is 2. The highest BCUT2D eigenvalue weighted by Gasteiger charge is 2.85. The van der Waals surface area contributed by atoms with E-state index >= 15 is 0 Å². The van der Waals surface area contributed by atoms with Crippen molar-refractivity contribution < 1.29 is 18.7 Å². The number of carbonyl (C=O) groups is 2. The zero-order valence-electron chi connectivity index (χ0n) is 14.9. The lowest BCUT2D eigenvalue weighted by Gasteiger charge is -2.59. The van der Waals surface area contributed by atoms with Crippen molar-refractivity contribution in [1.29, 1.82) is 0 Å². The van der Waals surface area contributed by atoms with Crippen molar-refractivity contribution in [2.45, 2.75) is 63.8 Å². The Kier molecular flexibility index (Phi) is 2.38. The van der Waals surface area contributed by atoms with Gasteiger partial charge in [0.2, 0.25) is 0 Å². The SMILES string of the molecule is C=C1C[C@H]2[C@@H]3C[C@@H](F)C(=O)[C@@]3(C)CC[C@@H]2[C@@]2(C)C3C[C@@H]3C(=O)C3OC132. The molecule has 6 rings (SSSR count). The van der Waals surface area contributed by atoms with Crippen LogP contribution in [0.2, 0.25) is 0 Å². The lowest BCUT2D eigenvalue weighted by molar-refractivity contribution is -0.139. The number of hydrogen-bond acceptors (Lipinski definition) is 3. The van der Waals surface area contributed by atoms with Gasteiger partial charge < -0.3 is 4.74 Å². The molecule has 25 heavy (non-hydrogen) atoms. The number of alkyl halides is 1. The highest BCUT2D eigenvalue weighted by atomic mass is 19.1. The summed E-state index contributed by atoms with van der Waals surface area (Å²) in [7, 11) is 0. The molecular weight excluding hydrogens is 319 g/mol. The molecule has 4 heteroatoms. The van der Waals surface area contributed by atoms with Gasteiger partial charge in [-0.2, -0.15) is 0 Å². The molecule has 134 valence electrons. The molecular formula is C21H25FO3. The minimum atomic E-state index is -1.29. The molecule has 5 aliphatic carbocycles. The van der Waals surface area contributed by atoms with Crippen LogP contribution in [0, 0.1) is 40.4 Å². The second kappa shape index (κ2) is 3.95. The second-order valence-corrected chi connectivity index (χ2v) is 10.1. The molecule has 0 aromatic heterocycles. The van der Waals surface area contributed by atoms with Gasteiger partial charge in [0.15, 0.2) is 23.8 Å². The van der Waals surface area contributed by atoms with E-state index in [1.807, 2.05) is 6.92 Å². The Balaban J connectivity index is 1.46. The van der Waals surface area contributed by atoms with E-state index in [9.17, 15) is 14.0 Å². The second-order valence-electron chi connectivity index (χ2n) is 10.1. The summed E-state index contributed by atoms with van der Waals surface area (Å²) in [4.78, 5) is 25.1. The highest BCUT2D eigenvalue weighted by molar-refractivity contribution is 5.95. The summed E-state index contributed by atoms with van der Waals surface area (Å²) in [6, 6.07) is 0. The van der Waals surface area contributed by atoms with E-state index in [0.29, 0.717) is 30.0 Å². The maximum Gasteiger partial charge on any atom is 0.173 e. The van der Waals surface area contributed by atoms with Gasteiger partial charge in [-0.15, -0.1) is 0 Å². The number of hydrogen-bond donors (Lipinski definition) is 0. The van der Waals surface area contributed by atoms with Gasteiger partial charge in [-0.3, -0.25) is 9.59 Å². The van der Waals surface area contributed by atoms with Gasteiger partial charge >= 0.3 is 0 Å². The van der Waals surface area contributed by atoms with Crippen LogP contribution in [0.25, 0.3) is 0 Å². The molecule has 0 bridgehead atoms. The molecule has 3 unspecified atom stereocenters. The quantitative estimate of drug-likeness (QED) is 0.500. The van der Waals surface area contributed by atoms with E-state index in [0.717, 1.165) is 31.3 Å². The molecule has 5 saturated carbocycles. The van der Waals surface area contributed by atoms with Crippen LogP contribution >= 0.6 is 0 Å². The zero-order chi connectivity index (χ0) is 17.5. The Labute approximate surface area is 147 Å². The molecule has 0 aromatic carbocycles. The van der Waals surface area contributed by atoms with Gasteiger partial charge in [-0.25, -0.2) is 4.39 Å². The third-order valence-corrected chi connectivity index (χ3v) is 9.51. The van der Waals surface area contributed by atoms with Crippen molar-refractivity contribution >= 4 is 11.6 Å². The maximum absolute atomic E-state index is 14.3. The summed E-state index contributed by atoms with van der Waals surface area (Å²) in [6.45, 7) is 8.66. The van der Waals surface area contributed by atoms with Crippen molar-refractivity contribution in [3.05, 3.63) is 12.2 Å². The Hall–Kier alpha value is -1.03. The van der Waals surface area contributed by atoms with E-state index in [2.05, 4.69) is 13.5 Å². The van der Waals surface area contributed by atoms with Crippen molar-refractivity contribution in [2.24, 2.45) is 40.4 Å². The third kappa shape index (κ3) is 1.34. The van der Waals surface area contributed by atoms with E-state index in [4.69, 9.17) is 4.74 Å². The summed E-state index contributed by atoms with van der Waals surface area (Å²) >= 11 is 0. The fourth-order valence-corrected chi connectivity index (χ4v) is 8.16. The third-order valence-electron chi connectivity index (χ3n) is 9.51. The molecule has 0 amide bonds. The van der Waals surface area contributed by atoms with Crippen LogP contribution in [0.3, 0.4) is 0 Å². The Bertz CT molecular complexity index is 760. The first-order valence-corrected chi connectivity index (χ1v) is 9.85. The largest absolute Gasteiger partial charge is 0.352 e. The topological polar surface area (TPSA) is 46.7 Å². The standard InChI is InChI=1S/C21H25FO3/c1-9-6-10-12(4-5-19(2)13(10)8-15(22)17(19)24)20(3)14-7-11(14)16(23)18-21(9,20)25-18/h10-15,18H,1,4-8H2,2-3H3/t10-,11+,12+,13+,14?,15-,18?,19+,20+,21?/m1/s1. The number of rotatable bonds is 0. The monoisotopic (exact) mass is 344 g/mol. The molecule has 6 aliphatic rings.